The highest BCUT2D eigenvalue weighted by molar-refractivity contribution is 7.93. The van der Waals surface area contributed by atoms with E-state index in [4.69, 9.17) is 18.9 Å². The van der Waals surface area contributed by atoms with E-state index in [2.05, 4.69) is 5.32 Å². The van der Waals surface area contributed by atoms with Crippen LogP contribution in [0.25, 0.3) is 0 Å². The molecule has 30 heavy (non-hydrogen) atoms. The van der Waals surface area contributed by atoms with Crippen LogP contribution >= 0.6 is 0 Å². The summed E-state index contributed by atoms with van der Waals surface area (Å²) in [4.78, 5) is 13.0. The van der Waals surface area contributed by atoms with E-state index in [-0.39, 0.29) is 10.6 Å². The third kappa shape index (κ3) is 3.13. The van der Waals surface area contributed by atoms with Crippen LogP contribution in [0.3, 0.4) is 0 Å². The maximum absolute atomic E-state index is 13.7. The number of carbonyl (C=O) groups is 1. The Balaban J connectivity index is 1.89. The molecule has 0 aromatic heterocycles. The van der Waals surface area contributed by atoms with E-state index >= 15 is 0 Å². The van der Waals surface area contributed by atoms with Gasteiger partial charge in [0, 0.05) is 24.0 Å². The molecule has 2 bridgehead atoms. The zero-order valence-electron chi connectivity index (χ0n) is 17.1. The molecule has 0 aliphatic carbocycles. The first-order valence-corrected chi connectivity index (χ1v) is 10.9. The highest BCUT2D eigenvalue weighted by Crippen LogP contribution is 2.49. The third-order valence-electron chi connectivity index (χ3n) is 5.58. The van der Waals surface area contributed by atoms with Gasteiger partial charge in [-0.3, -0.25) is 4.79 Å². The Hall–Kier alpha value is -2.94. The summed E-state index contributed by atoms with van der Waals surface area (Å²) in [6.07, 6.45) is 0.301. The predicted molar refractivity (Wildman–Crippen MR) is 108 cm³/mol. The molecule has 160 valence electrons. The molecule has 0 radical (unpaired) electrons. The fourth-order valence-corrected chi connectivity index (χ4v) is 6.21. The molecule has 1 amide bonds. The quantitative estimate of drug-likeness (QED) is 0.772. The van der Waals surface area contributed by atoms with Gasteiger partial charge in [0.2, 0.25) is 5.91 Å². The number of methoxy groups -OCH3 is 3. The van der Waals surface area contributed by atoms with Crippen molar-refractivity contribution in [3.05, 3.63) is 42.0 Å². The Morgan fingerprint density at radius 1 is 1.03 bits per heavy atom. The van der Waals surface area contributed by atoms with Crippen LogP contribution in [0.1, 0.15) is 24.8 Å². The van der Waals surface area contributed by atoms with Gasteiger partial charge in [-0.1, -0.05) is 0 Å². The van der Waals surface area contributed by atoms with E-state index in [1.165, 1.54) is 33.5 Å². The molecule has 2 aliphatic rings. The van der Waals surface area contributed by atoms with Crippen LogP contribution in [0.15, 0.2) is 41.3 Å². The van der Waals surface area contributed by atoms with E-state index in [1.807, 2.05) is 0 Å². The second-order valence-electron chi connectivity index (χ2n) is 7.52. The molecule has 0 unspecified atom stereocenters. The Morgan fingerprint density at radius 3 is 2.37 bits per heavy atom. The molecule has 1 fully saturated rings. The highest BCUT2D eigenvalue weighted by Gasteiger charge is 2.54. The molecular weight excluding hydrogens is 410 g/mol. The van der Waals surface area contributed by atoms with Crippen LogP contribution < -0.4 is 24.3 Å². The first kappa shape index (κ1) is 20.3. The van der Waals surface area contributed by atoms with Gasteiger partial charge in [0.15, 0.2) is 20.8 Å². The number of sulfone groups is 1. The van der Waals surface area contributed by atoms with Gasteiger partial charge in [0.1, 0.15) is 27.9 Å². The van der Waals surface area contributed by atoms with Crippen molar-refractivity contribution in [1.29, 1.82) is 0 Å². The molecular formula is C21H23NO7S. The number of carbonyl (C=O) groups excluding carboxylic acids is 1. The van der Waals surface area contributed by atoms with E-state index in [9.17, 15) is 13.2 Å². The number of ether oxygens (including phenoxy) is 4. The van der Waals surface area contributed by atoms with Gasteiger partial charge >= 0.3 is 0 Å². The maximum Gasteiger partial charge on any atom is 0.242 e. The molecule has 4 rings (SSSR count). The minimum Gasteiger partial charge on any atom is -0.497 e. The van der Waals surface area contributed by atoms with E-state index < -0.39 is 32.6 Å². The minimum atomic E-state index is -4.14. The second-order valence-corrected chi connectivity index (χ2v) is 9.56. The molecule has 8 nitrogen and oxygen atoms in total. The second kappa shape index (κ2) is 7.09. The normalized spacial score (nSPS) is 24.9. The fourth-order valence-electron chi connectivity index (χ4n) is 4.21. The Bertz CT molecular complexity index is 1110. The number of hydrogen-bond acceptors (Lipinski definition) is 7. The SMILES string of the molecule is COc1ccc2c(c1)[C@H]1C[C@@](C)(NC(=O)[C@@H]1S(=O)(=O)c1cc(OC)ccc1OC)O2. The van der Waals surface area contributed by atoms with Crippen molar-refractivity contribution in [2.24, 2.45) is 0 Å². The average Bonchev–Trinajstić information content (AvgIpc) is 2.72. The summed E-state index contributed by atoms with van der Waals surface area (Å²) in [6, 6.07) is 9.68. The standard InChI is InChI=1S/C21H23NO7S/c1-21-11-15(14-9-12(26-2)5-7-16(14)29-21)19(20(23)22-21)30(24,25)18-10-13(27-3)6-8-17(18)28-4/h5-10,15,19H,11H2,1-4H3,(H,22,23)/t15-,19-,21+/m1/s1. The molecule has 1 saturated heterocycles. The van der Waals surface area contributed by atoms with Crippen LogP contribution in [0.4, 0.5) is 0 Å². The summed E-state index contributed by atoms with van der Waals surface area (Å²) < 4.78 is 49.2. The molecule has 2 aromatic carbocycles. The van der Waals surface area contributed by atoms with Gasteiger partial charge in [-0.2, -0.15) is 0 Å². The monoisotopic (exact) mass is 433 g/mol. The van der Waals surface area contributed by atoms with Crippen molar-refractivity contribution in [2.75, 3.05) is 21.3 Å². The zero-order valence-corrected chi connectivity index (χ0v) is 17.9. The topological polar surface area (TPSA) is 100 Å². The maximum atomic E-state index is 13.7. The van der Waals surface area contributed by atoms with Gasteiger partial charge in [-0.25, -0.2) is 8.42 Å². The van der Waals surface area contributed by atoms with Gasteiger partial charge in [0.25, 0.3) is 0 Å². The van der Waals surface area contributed by atoms with Crippen molar-refractivity contribution < 1.29 is 32.2 Å². The lowest BCUT2D eigenvalue weighted by Crippen LogP contribution is -2.63. The number of rotatable bonds is 5. The van der Waals surface area contributed by atoms with Crippen LogP contribution in [0.2, 0.25) is 0 Å². The number of hydrogen-bond donors (Lipinski definition) is 1. The Morgan fingerprint density at radius 2 is 1.70 bits per heavy atom. The first-order valence-electron chi connectivity index (χ1n) is 9.37. The van der Waals surface area contributed by atoms with Crippen molar-refractivity contribution >= 4 is 15.7 Å². The van der Waals surface area contributed by atoms with Gasteiger partial charge in [-0.15, -0.1) is 0 Å². The number of nitrogens with one attached hydrogen (secondary N) is 1. The molecule has 2 heterocycles. The van der Waals surface area contributed by atoms with E-state index in [0.29, 0.717) is 29.2 Å². The average molecular weight is 433 g/mol. The summed E-state index contributed by atoms with van der Waals surface area (Å²) in [6.45, 7) is 1.74. The van der Waals surface area contributed by atoms with Crippen molar-refractivity contribution in [2.45, 2.75) is 35.1 Å². The lowest BCUT2D eigenvalue weighted by molar-refractivity contribution is -0.132. The Labute approximate surface area is 175 Å². The molecule has 0 spiro atoms. The zero-order chi connectivity index (χ0) is 21.7. The third-order valence-corrected chi connectivity index (χ3v) is 7.73. The number of benzene rings is 2. The van der Waals surface area contributed by atoms with Crippen molar-refractivity contribution in [3.63, 3.8) is 0 Å². The number of amides is 1. The predicted octanol–water partition coefficient (Wildman–Crippen LogP) is 2.27. The van der Waals surface area contributed by atoms with E-state index in [1.54, 1.807) is 31.2 Å². The summed E-state index contributed by atoms with van der Waals surface area (Å²) in [7, 11) is 0.211. The fraction of sp³-hybridized carbons (Fsp3) is 0.381. The molecule has 2 aliphatic heterocycles. The molecule has 3 atom stereocenters. The van der Waals surface area contributed by atoms with Crippen LogP contribution in [0, 0.1) is 0 Å². The van der Waals surface area contributed by atoms with Crippen molar-refractivity contribution in [3.8, 4) is 23.0 Å². The Kier molecular flexibility index (Phi) is 4.80. The molecule has 0 saturated carbocycles. The summed E-state index contributed by atoms with van der Waals surface area (Å²) in [5.74, 6) is 0.337. The highest BCUT2D eigenvalue weighted by atomic mass is 32.2. The van der Waals surface area contributed by atoms with Gasteiger partial charge in [-0.05, 0) is 37.3 Å². The number of fused-ring (bicyclic) bond motifs is 4. The van der Waals surface area contributed by atoms with Gasteiger partial charge < -0.3 is 24.3 Å². The summed E-state index contributed by atoms with van der Waals surface area (Å²) >= 11 is 0. The van der Waals surface area contributed by atoms with Crippen molar-refractivity contribution in [1.82, 2.24) is 5.32 Å². The van der Waals surface area contributed by atoms with Crippen LogP contribution in [-0.4, -0.2) is 46.6 Å². The first-order chi connectivity index (χ1) is 14.2. The van der Waals surface area contributed by atoms with E-state index in [0.717, 1.165) is 0 Å². The summed E-state index contributed by atoms with van der Waals surface area (Å²) in [5, 5.41) is 1.38. The smallest absolute Gasteiger partial charge is 0.242 e. The van der Waals surface area contributed by atoms with Crippen LogP contribution in [-0.2, 0) is 14.6 Å². The van der Waals surface area contributed by atoms with Gasteiger partial charge in [0.05, 0.1) is 21.3 Å². The lowest BCUT2D eigenvalue weighted by Gasteiger charge is -2.46. The number of piperidine rings is 1. The minimum absolute atomic E-state index is 0.0935. The molecule has 1 N–H and O–H groups in total. The van der Waals surface area contributed by atoms with Crippen LogP contribution in [0.5, 0.6) is 23.0 Å². The molecule has 2 aromatic rings. The lowest BCUT2D eigenvalue weighted by atomic mass is 9.81. The summed E-state index contributed by atoms with van der Waals surface area (Å²) in [5.41, 5.74) is -0.370. The largest absolute Gasteiger partial charge is 0.497 e. The molecule has 9 heteroatoms.